The molecular weight excluding hydrogens is 283 g/mol. The summed E-state index contributed by atoms with van der Waals surface area (Å²) in [4.78, 5) is 2.38. The van der Waals surface area contributed by atoms with Gasteiger partial charge < -0.3 is 5.73 Å². The molecule has 2 rings (SSSR count). The van der Waals surface area contributed by atoms with Crippen molar-refractivity contribution < 1.29 is 4.39 Å². The first-order valence-corrected chi connectivity index (χ1v) is 6.77. The van der Waals surface area contributed by atoms with Crippen LogP contribution in [0.4, 0.5) is 4.39 Å². The molecule has 4 heteroatoms. The lowest BCUT2D eigenvalue weighted by molar-refractivity contribution is 0.157. The van der Waals surface area contributed by atoms with Gasteiger partial charge in [-0.15, -0.1) is 0 Å². The third-order valence-electron chi connectivity index (χ3n) is 3.46. The highest BCUT2D eigenvalue weighted by atomic mass is 79.9. The molecule has 1 aliphatic rings. The summed E-state index contributed by atoms with van der Waals surface area (Å²) in [7, 11) is 0. The highest BCUT2D eigenvalue weighted by Crippen LogP contribution is 2.22. The van der Waals surface area contributed by atoms with Gasteiger partial charge in [-0.2, -0.15) is 0 Å². The quantitative estimate of drug-likeness (QED) is 0.910. The topological polar surface area (TPSA) is 29.3 Å². The second-order valence-corrected chi connectivity index (χ2v) is 5.75. The molecule has 2 nitrogen and oxygen atoms in total. The molecule has 1 saturated heterocycles. The Labute approximate surface area is 110 Å². The Morgan fingerprint density at radius 1 is 1.53 bits per heavy atom. The van der Waals surface area contributed by atoms with Crippen molar-refractivity contribution in [3.8, 4) is 0 Å². The van der Waals surface area contributed by atoms with Crippen LogP contribution in [-0.2, 0) is 6.54 Å². The summed E-state index contributed by atoms with van der Waals surface area (Å²) < 4.78 is 13.8. The second-order valence-electron chi connectivity index (χ2n) is 4.90. The van der Waals surface area contributed by atoms with Crippen LogP contribution in [0.3, 0.4) is 0 Å². The zero-order chi connectivity index (χ0) is 12.4. The maximum atomic E-state index is 13.0. The van der Waals surface area contributed by atoms with E-state index in [1.807, 2.05) is 6.07 Å². The van der Waals surface area contributed by atoms with Crippen LogP contribution < -0.4 is 5.73 Å². The molecule has 0 bridgehead atoms. The van der Waals surface area contributed by atoms with Gasteiger partial charge in [0.2, 0.25) is 0 Å². The SMILES string of the molecule is CC1CN(Cc2ccc(F)cc2Br)CCC1N. The van der Waals surface area contributed by atoms with Crippen LogP contribution in [0.1, 0.15) is 18.9 Å². The van der Waals surface area contributed by atoms with E-state index in [2.05, 4.69) is 27.8 Å². The van der Waals surface area contributed by atoms with E-state index in [1.54, 1.807) is 0 Å². The fraction of sp³-hybridized carbons (Fsp3) is 0.538. The molecular formula is C13H18BrFN2. The van der Waals surface area contributed by atoms with Gasteiger partial charge in [-0.25, -0.2) is 4.39 Å². The molecule has 0 amide bonds. The van der Waals surface area contributed by atoms with Gasteiger partial charge in [0.25, 0.3) is 0 Å². The van der Waals surface area contributed by atoms with Crippen molar-refractivity contribution in [2.45, 2.75) is 25.9 Å². The summed E-state index contributed by atoms with van der Waals surface area (Å²) in [6.45, 7) is 5.09. The fourth-order valence-corrected chi connectivity index (χ4v) is 2.76. The predicted octanol–water partition coefficient (Wildman–Crippen LogP) is 2.76. The maximum absolute atomic E-state index is 13.0. The van der Waals surface area contributed by atoms with E-state index in [1.165, 1.54) is 12.1 Å². The molecule has 1 aliphatic heterocycles. The molecule has 1 fully saturated rings. The van der Waals surface area contributed by atoms with E-state index in [0.29, 0.717) is 12.0 Å². The standard InChI is InChI=1S/C13H18BrFN2/c1-9-7-17(5-4-13(9)16)8-10-2-3-11(15)6-12(10)14/h2-3,6,9,13H,4-5,7-8,16H2,1H3. The summed E-state index contributed by atoms with van der Waals surface area (Å²) in [5, 5.41) is 0. The highest BCUT2D eigenvalue weighted by molar-refractivity contribution is 9.10. The molecule has 2 atom stereocenters. The number of hydrogen-bond donors (Lipinski definition) is 1. The van der Waals surface area contributed by atoms with Gasteiger partial charge in [0.05, 0.1) is 0 Å². The first-order chi connectivity index (χ1) is 8.06. The van der Waals surface area contributed by atoms with Gasteiger partial charge in [-0.3, -0.25) is 4.90 Å². The average molecular weight is 301 g/mol. The van der Waals surface area contributed by atoms with E-state index < -0.39 is 0 Å². The third kappa shape index (κ3) is 3.27. The lowest BCUT2D eigenvalue weighted by Gasteiger charge is -2.35. The largest absolute Gasteiger partial charge is 0.327 e. The van der Waals surface area contributed by atoms with Crippen molar-refractivity contribution in [1.82, 2.24) is 4.90 Å². The molecule has 17 heavy (non-hydrogen) atoms. The number of halogens is 2. The van der Waals surface area contributed by atoms with Crippen molar-refractivity contribution in [3.05, 3.63) is 34.1 Å². The van der Waals surface area contributed by atoms with Crippen LogP contribution in [0, 0.1) is 11.7 Å². The number of likely N-dealkylation sites (tertiary alicyclic amines) is 1. The molecule has 1 aromatic carbocycles. The Kier molecular flexibility index (Phi) is 4.17. The van der Waals surface area contributed by atoms with Crippen LogP contribution in [-0.4, -0.2) is 24.0 Å². The van der Waals surface area contributed by atoms with E-state index >= 15 is 0 Å². The minimum atomic E-state index is -0.199. The summed E-state index contributed by atoms with van der Waals surface area (Å²) in [5.41, 5.74) is 7.13. The lowest BCUT2D eigenvalue weighted by Crippen LogP contribution is -2.45. The molecule has 0 radical (unpaired) electrons. The van der Waals surface area contributed by atoms with Crippen LogP contribution in [0.15, 0.2) is 22.7 Å². The van der Waals surface area contributed by atoms with Gasteiger partial charge in [0, 0.05) is 23.6 Å². The molecule has 0 saturated carbocycles. The smallest absolute Gasteiger partial charge is 0.124 e. The molecule has 94 valence electrons. The number of benzene rings is 1. The lowest BCUT2D eigenvalue weighted by atomic mass is 9.94. The normalized spacial score (nSPS) is 26.1. The maximum Gasteiger partial charge on any atom is 0.124 e. The molecule has 2 N–H and O–H groups in total. The summed E-state index contributed by atoms with van der Waals surface area (Å²) in [6, 6.07) is 5.20. The number of nitrogens with two attached hydrogens (primary N) is 1. The van der Waals surface area contributed by atoms with Crippen molar-refractivity contribution >= 4 is 15.9 Å². The van der Waals surface area contributed by atoms with Crippen molar-refractivity contribution in [1.29, 1.82) is 0 Å². The molecule has 0 aliphatic carbocycles. The van der Waals surface area contributed by atoms with Gasteiger partial charge in [0.1, 0.15) is 5.82 Å². The predicted molar refractivity (Wildman–Crippen MR) is 71.1 cm³/mol. The first kappa shape index (κ1) is 13.0. The summed E-state index contributed by atoms with van der Waals surface area (Å²) in [6.07, 6.45) is 1.04. The van der Waals surface area contributed by atoms with Crippen molar-refractivity contribution in [2.75, 3.05) is 13.1 Å². The molecule has 1 heterocycles. The highest BCUT2D eigenvalue weighted by Gasteiger charge is 2.23. The number of hydrogen-bond acceptors (Lipinski definition) is 2. The van der Waals surface area contributed by atoms with Gasteiger partial charge in [-0.1, -0.05) is 28.9 Å². The third-order valence-corrected chi connectivity index (χ3v) is 4.20. The number of rotatable bonds is 2. The Morgan fingerprint density at radius 2 is 2.29 bits per heavy atom. The Bertz CT molecular complexity index is 397. The van der Waals surface area contributed by atoms with E-state index in [0.717, 1.165) is 36.1 Å². The fourth-order valence-electron chi connectivity index (χ4n) is 2.28. The zero-order valence-electron chi connectivity index (χ0n) is 10.00. The van der Waals surface area contributed by atoms with E-state index in [-0.39, 0.29) is 5.82 Å². The van der Waals surface area contributed by atoms with Crippen LogP contribution >= 0.6 is 15.9 Å². The van der Waals surface area contributed by atoms with Crippen LogP contribution in [0.5, 0.6) is 0 Å². The van der Waals surface area contributed by atoms with Gasteiger partial charge in [-0.05, 0) is 36.6 Å². The molecule has 2 unspecified atom stereocenters. The minimum absolute atomic E-state index is 0.199. The average Bonchev–Trinajstić information content (AvgIpc) is 2.27. The van der Waals surface area contributed by atoms with Crippen LogP contribution in [0.2, 0.25) is 0 Å². The van der Waals surface area contributed by atoms with Gasteiger partial charge in [0.15, 0.2) is 0 Å². The van der Waals surface area contributed by atoms with Gasteiger partial charge >= 0.3 is 0 Å². The van der Waals surface area contributed by atoms with Crippen LogP contribution in [0.25, 0.3) is 0 Å². The first-order valence-electron chi connectivity index (χ1n) is 5.98. The summed E-state index contributed by atoms with van der Waals surface area (Å²) in [5.74, 6) is 0.331. The monoisotopic (exact) mass is 300 g/mol. The minimum Gasteiger partial charge on any atom is -0.327 e. The van der Waals surface area contributed by atoms with Crippen molar-refractivity contribution in [2.24, 2.45) is 11.7 Å². The Balaban J connectivity index is 2.01. The summed E-state index contributed by atoms with van der Waals surface area (Å²) >= 11 is 3.41. The molecule has 0 aromatic heterocycles. The number of piperidine rings is 1. The Morgan fingerprint density at radius 3 is 2.94 bits per heavy atom. The molecule has 0 spiro atoms. The Hall–Kier alpha value is -0.450. The number of nitrogens with zero attached hydrogens (tertiary/aromatic N) is 1. The van der Waals surface area contributed by atoms with Crippen molar-refractivity contribution in [3.63, 3.8) is 0 Å². The van der Waals surface area contributed by atoms with E-state index in [9.17, 15) is 4.39 Å². The molecule has 1 aromatic rings. The van der Waals surface area contributed by atoms with E-state index in [4.69, 9.17) is 5.73 Å². The zero-order valence-corrected chi connectivity index (χ0v) is 11.6. The second kappa shape index (κ2) is 5.46.